The van der Waals surface area contributed by atoms with Crippen LogP contribution in [-0.2, 0) is 11.2 Å². The molecule has 3 rings (SSSR count). The normalized spacial score (nSPS) is 11.6. The molecule has 2 N–H and O–H groups in total. The number of nitro benzene ring substituents is 1. The molecule has 0 aliphatic heterocycles. The highest BCUT2D eigenvalue weighted by molar-refractivity contribution is 7.18. The van der Waals surface area contributed by atoms with Crippen molar-refractivity contribution in [2.75, 3.05) is 0 Å². The van der Waals surface area contributed by atoms with Crippen molar-refractivity contribution in [3.8, 4) is 0 Å². The molecular weight excluding hydrogens is 382 g/mol. The summed E-state index contributed by atoms with van der Waals surface area (Å²) < 4.78 is 0. The molecule has 3 aromatic rings. The highest BCUT2D eigenvalue weighted by Gasteiger charge is 2.13. The Morgan fingerprint density at radius 3 is 2.64 bits per heavy atom. The van der Waals surface area contributed by atoms with E-state index < -0.39 is 10.8 Å². The van der Waals surface area contributed by atoms with Gasteiger partial charge in [0.2, 0.25) is 5.91 Å². The van der Waals surface area contributed by atoms with Crippen molar-refractivity contribution in [3.63, 3.8) is 0 Å². The Labute approximate surface area is 163 Å². The molecule has 0 radical (unpaired) electrons. The van der Waals surface area contributed by atoms with Crippen LogP contribution in [0.15, 0.2) is 34.2 Å². The number of hydrogen-bond donors (Lipinski definition) is 2. The summed E-state index contributed by atoms with van der Waals surface area (Å²) in [5.41, 5.74) is 4.15. The first kappa shape index (κ1) is 19.4. The van der Waals surface area contributed by atoms with Crippen molar-refractivity contribution >= 4 is 38.9 Å². The third kappa shape index (κ3) is 3.96. The van der Waals surface area contributed by atoms with Gasteiger partial charge in [-0.1, -0.05) is 0 Å². The number of nitro groups is 1. The van der Waals surface area contributed by atoms with E-state index in [4.69, 9.17) is 0 Å². The van der Waals surface area contributed by atoms with Crippen LogP contribution < -0.4 is 11.0 Å². The summed E-state index contributed by atoms with van der Waals surface area (Å²) in [6.45, 7) is 5.46. The molecule has 0 atom stereocenters. The fourth-order valence-electron chi connectivity index (χ4n) is 2.61. The predicted molar refractivity (Wildman–Crippen MR) is 107 cm³/mol. The number of benzene rings is 1. The average Bonchev–Trinajstić information content (AvgIpc) is 2.94. The Morgan fingerprint density at radius 2 is 2.00 bits per heavy atom. The summed E-state index contributed by atoms with van der Waals surface area (Å²) in [5, 5.41) is 15.2. The number of carbonyl (C=O) groups is 1. The lowest BCUT2D eigenvalue weighted by Crippen LogP contribution is -2.24. The van der Waals surface area contributed by atoms with Crippen LogP contribution in [0.2, 0.25) is 0 Å². The van der Waals surface area contributed by atoms with E-state index in [1.54, 1.807) is 19.1 Å². The zero-order valence-electron chi connectivity index (χ0n) is 15.4. The second-order valence-electron chi connectivity index (χ2n) is 6.19. The van der Waals surface area contributed by atoms with Crippen LogP contribution in [0.1, 0.15) is 28.8 Å². The third-order valence-corrected chi connectivity index (χ3v) is 5.36. The number of thiophene rings is 1. The van der Waals surface area contributed by atoms with Crippen molar-refractivity contribution in [2.24, 2.45) is 5.10 Å². The van der Waals surface area contributed by atoms with Gasteiger partial charge in [-0.15, -0.1) is 11.3 Å². The highest BCUT2D eigenvalue weighted by atomic mass is 32.1. The SMILES string of the molecule is C/C(=N\NC(=O)Cc1nc2sc(C)c(C)c2c(=O)[nH]1)c1ccc([N+](=O)[O-])cc1. The number of hydrogen-bond acceptors (Lipinski definition) is 7. The lowest BCUT2D eigenvalue weighted by molar-refractivity contribution is -0.384. The molecule has 0 spiro atoms. The largest absolute Gasteiger partial charge is 0.309 e. The van der Waals surface area contributed by atoms with Gasteiger partial charge in [-0.25, -0.2) is 10.4 Å². The van der Waals surface area contributed by atoms with Gasteiger partial charge >= 0.3 is 0 Å². The number of aromatic amines is 1. The number of nitrogens with one attached hydrogen (secondary N) is 2. The number of H-pyrrole nitrogens is 1. The number of rotatable bonds is 5. The van der Waals surface area contributed by atoms with Crippen LogP contribution in [-0.4, -0.2) is 26.5 Å². The lowest BCUT2D eigenvalue weighted by Gasteiger charge is -2.03. The van der Waals surface area contributed by atoms with Gasteiger partial charge in [0, 0.05) is 17.0 Å². The van der Waals surface area contributed by atoms with Gasteiger partial charge in [0.1, 0.15) is 10.7 Å². The number of aryl methyl sites for hydroxylation is 2. The summed E-state index contributed by atoms with van der Waals surface area (Å²) >= 11 is 1.41. The van der Waals surface area contributed by atoms with Gasteiger partial charge in [-0.2, -0.15) is 5.10 Å². The van der Waals surface area contributed by atoms with E-state index in [0.717, 1.165) is 10.4 Å². The summed E-state index contributed by atoms with van der Waals surface area (Å²) in [7, 11) is 0. The Hall–Kier alpha value is -3.40. The molecular formula is C18H17N5O4S. The quantitative estimate of drug-likeness (QED) is 0.387. The minimum atomic E-state index is -0.487. The fourth-order valence-corrected chi connectivity index (χ4v) is 3.66. The molecule has 1 amide bonds. The van der Waals surface area contributed by atoms with Crippen LogP contribution in [0.3, 0.4) is 0 Å². The van der Waals surface area contributed by atoms with Gasteiger partial charge in [-0.05, 0) is 44.0 Å². The number of fused-ring (bicyclic) bond motifs is 1. The first-order chi connectivity index (χ1) is 13.3. The van der Waals surface area contributed by atoms with E-state index >= 15 is 0 Å². The molecule has 0 saturated heterocycles. The first-order valence-corrected chi connectivity index (χ1v) is 9.14. The van der Waals surface area contributed by atoms with E-state index in [1.165, 1.54) is 23.5 Å². The van der Waals surface area contributed by atoms with Gasteiger partial charge in [0.15, 0.2) is 0 Å². The lowest BCUT2D eigenvalue weighted by atomic mass is 10.1. The Balaban J connectivity index is 1.71. The first-order valence-electron chi connectivity index (χ1n) is 8.33. The zero-order valence-corrected chi connectivity index (χ0v) is 16.2. The molecule has 1 aromatic carbocycles. The molecule has 0 aliphatic carbocycles. The van der Waals surface area contributed by atoms with E-state index in [1.807, 2.05) is 13.8 Å². The van der Waals surface area contributed by atoms with Crippen molar-refractivity contribution in [1.82, 2.24) is 15.4 Å². The molecule has 0 aliphatic rings. The molecule has 10 heteroatoms. The maximum Gasteiger partial charge on any atom is 0.269 e. The summed E-state index contributed by atoms with van der Waals surface area (Å²) in [6.07, 6.45) is -0.127. The second-order valence-corrected chi connectivity index (χ2v) is 7.39. The molecule has 0 unspecified atom stereocenters. The fraction of sp³-hybridized carbons (Fsp3) is 0.222. The number of non-ortho nitro benzene ring substituents is 1. The number of hydrazone groups is 1. The topological polar surface area (TPSA) is 130 Å². The molecule has 2 aromatic heterocycles. The van der Waals surface area contributed by atoms with Gasteiger partial charge in [0.05, 0.1) is 22.4 Å². The molecule has 0 saturated carbocycles. The van der Waals surface area contributed by atoms with Gasteiger partial charge in [0.25, 0.3) is 11.2 Å². The Bertz CT molecular complexity index is 1160. The molecule has 9 nitrogen and oxygen atoms in total. The Kier molecular flexibility index (Phi) is 5.32. The van der Waals surface area contributed by atoms with Crippen LogP contribution in [0.4, 0.5) is 5.69 Å². The minimum absolute atomic E-state index is 0.0231. The van der Waals surface area contributed by atoms with Gasteiger partial charge in [-0.3, -0.25) is 19.7 Å². The average molecular weight is 399 g/mol. The van der Waals surface area contributed by atoms with Crippen molar-refractivity contribution in [1.29, 1.82) is 0 Å². The van der Waals surface area contributed by atoms with Crippen LogP contribution >= 0.6 is 11.3 Å². The smallest absolute Gasteiger partial charge is 0.269 e. The number of carbonyl (C=O) groups excluding carboxylic acids is 1. The van der Waals surface area contributed by atoms with Crippen LogP contribution in [0.25, 0.3) is 10.2 Å². The Morgan fingerprint density at radius 1 is 1.32 bits per heavy atom. The van der Waals surface area contributed by atoms with Crippen LogP contribution in [0.5, 0.6) is 0 Å². The maximum atomic E-state index is 12.2. The van der Waals surface area contributed by atoms with Crippen molar-refractivity contribution in [2.45, 2.75) is 27.2 Å². The van der Waals surface area contributed by atoms with E-state index in [0.29, 0.717) is 21.5 Å². The number of nitrogens with zero attached hydrogens (tertiary/aromatic N) is 3. The summed E-state index contributed by atoms with van der Waals surface area (Å²) in [5.74, 6) is -0.173. The third-order valence-electron chi connectivity index (χ3n) is 4.26. The molecule has 2 heterocycles. The molecule has 0 bridgehead atoms. The van der Waals surface area contributed by atoms with Gasteiger partial charge < -0.3 is 4.98 Å². The van der Waals surface area contributed by atoms with Crippen LogP contribution in [0, 0.1) is 24.0 Å². The molecule has 144 valence electrons. The second kappa shape index (κ2) is 7.69. The summed E-state index contributed by atoms with van der Waals surface area (Å²) in [6, 6.07) is 5.84. The minimum Gasteiger partial charge on any atom is -0.309 e. The molecule has 0 fully saturated rings. The summed E-state index contributed by atoms with van der Waals surface area (Å²) in [4.78, 5) is 43.2. The van der Waals surface area contributed by atoms with Crippen molar-refractivity contribution < 1.29 is 9.72 Å². The van der Waals surface area contributed by atoms with E-state index in [9.17, 15) is 19.7 Å². The van der Waals surface area contributed by atoms with E-state index in [-0.39, 0.29) is 23.5 Å². The molecule has 28 heavy (non-hydrogen) atoms. The number of amides is 1. The van der Waals surface area contributed by atoms with E-state index in [2.05, 4.69) is 20.5 Å². The zero-order chi connectivity index (χ0) is 20.4. The highest BCUT2D eigenvalue weighted by Crippen LogP contribution is 2.25. The number of aromatic nitrogens is 2. The standard InChI is InChI=1S/C18H17N5O4S/c1-9-11(3)28-18-16(9)17(25)19-14(20-18)8-15(24)22-21-10(2)12-4-6-13(7-5-12)23(26)27/h4-7H,8H2,1-3H3,(H,22,24)(H,19,20,25)/b21-10+. The van der Waals surface area contributed by atoms with Crippen molar-refractivity contribution in [3.05, 3.63) is 66.6 Å². The predicted octanol–water partition coefficient (Wildman–Crippen LogP) is 2.59. The maximum absolute atomic E-state index is 12.2. The monoisotopic (exact) mass is 399 g/mol.